The number of hydrogen-bond donors (Lipinski definition) is 2. The van der Waals surface area contributed by atoms with E-state index in [-0.39, 0.29) is 11.3 Å². The smallest absolute Gasteiger partial charge is 0.282 e. The van der Waals surface area contributed by atoms with Crippen LogP contribution in [0.4, 0.5) is 5.69 Å². The Hall–Kier alpha value is -1.95. The van der Waals surface area contributed by atoms with E-state index in [1.54, 1.807) is 13.0 Å². The van der Waals surface area contributed by atoms with Crippen LogP contribution in [0.15, 0.2) is 18.2 Å². The molecule has 0 atom stereocenters. The zero-order chi connectivity index (χ0) is 15.3. The maximum atomic E-state index is 12.3. The van der Waals surface area contributed by atoms with Crippen molar-refractivity contribution in [1.82, 2.24) is 5.32 Å². The van der Waals surface area contributed by atoms with Crippen molar-refractivity contribution >= 4 is 11.6 Å². The molecule has 110 valence electrons. The summed E-state index contributed by atoms with van der Waals surface area (Å²) >= 11 is 0. The Labute approximate surface area is 118 Å². The molecule has 0 radical (unpaired) electrons. The summed E-state index contributed by atoms with van der Waals surface area (Å²) in [5, 5.41) is 13.9. The third-order valence-electron chi connectivity index (χ3n) is 3.72. The van der Waals surface area contributed by atoms with E-state index in [1.807, 2.05) is 13.8 Å². The number of nitrogens with zero attached hydrogens (tertiary/aromatic N) is 1. The first-order valence-corrected chi connectivity index (χ1v) is 6.66. The van der Waals surface area contributed by atoms with Crippen molar-refractivity contribution in [3.8, 4) is 0 Å². The predicted octanol–water partition coefficient (Wildman–Crippen LogP) is 2.15. The molecule has 0 aliphatic rings. The second kappa shape index (κ2) is 6.47. The van der Waals surface area contributed by atoms with Crippen LogP contribution < -0.4 is 11.1 Å². The molecule has 3 N–H and O–H groups in total. The third-order valence-corrected chi connectivity index (χ3v) is 3.72. The fourth-order valence-corrected chi connectivity index (χ4v) is 2.07. The van der Waals surface area contributed by atoms with Crippen LogP contribution in [0, 0.1) is 17.0 Å². The highest BCUT2D eigenvalue weighted by Crippen LogP contribution is 2.22. The van der Waals surface area contributed by atoms with Crippen molar-refractivity contribution in [2.24, 2.45) is 5.73 Å². The largest absolute Gasteiger partial charge is 0.345 e. The Kier molecular flexibility index (Phi) is 5.21. The number of carbonyl (C=O) groups is 1. The molecule has 0 aromatic heterocycles. The van der Waals surface area contributed by atoms with E-state index in [9.17, 15) is 14.9 Å². The first-order chi connectivity index (χ1) is 9.39. The van der Waals surface area contributed by atoms with Gasteiger partial charge in [-0.2, -0.15) is 0 Å². The molecule has 1 amide bonds. The zero-order valence-corrected chi connectivity index (χ0v) is 12.1. The summed E-state index contributed by atoms with van der Waals surface area (Å²) < 4.78 is 0. The molecule has 1 aromatic rings. The molecular formula is C14H21N3O3. The van der Waals surface area contributed by atoms with Crippen LogP contribution in [0.25, 0.3) is 0 Å². The van der Waals surface area contributed by atoms with Gasteiger partial charge in [-0.3, -0.25) is 14.9 Å². The molecule has 20 heavy (non-hydrogen) atoms. The molecule has 0 aliphatic carbocycles. The second-order valence-corrected chi connectivity index (χ2v) is 4.92. The van der Waals surface area contributed by atoms with Gasteiger partial charge in [-0.15, -0.1) is 0 Å². The van der Waals surface area contributed by atoms with Gasteiger partial charge < -0.3 is 11.1 Å². The minimum Gasteiger partial charge on any atom is -0.345 e. The molecule has 0 spiro atoms. The van der Waals surface area contributed by atoms with Crippen LogP contribution in [0.1, 0.15) is 42.6 Å². The molecule has 0 saturated heterocycles. The number of benzene rings is 1. The van der Waals surface area contributed by atoms with Gasteiger partial charge in [0.2, 0.25) is 0 Å². The number of nitro benzene ring substituents is 1. The second-order valence-electron chi connectivity index (χ2n) is 4.92. The van der Waals surface area contributed by atoms with Crippen LogP contribution in [0.5, 0.6) is 0 Å². The Morgan fingerprint density at radius 1 is 1.40 bits per heavy atom. The molecule has 0 saturated carbocycles. The quantitative estimate of drug-likeness (QED) is 0.615. The number of carbonyl (C=O) groups excluding carboxylic acids is 1. The summed E-state index contributed by atoms with van der Waals surface area (Å²) in [5.74, 6) is -0.449. The number of hydrogen-bond acceptors (Lipinski definition) is 4. The molecule has 0 aliphatic heterocycles. The van der Waals surface area contributed by atoms with Gasteiger partial charge in [-0.1, -0.05) is 19.9 Å². The summed E-state index contributed by atoms with van der Waals surface area (Å²) in [5.41, 5.74) is 5.90. The van der Waals surface area contributed by atoms with Crippen molar-refractivity contribution in [2.75, 3.05) is 6.54 Å². The maximum Gasteiger partial charge on any atom is 0.282 e. The topological polar surface area (TPSA) is 98.3 Å². The summed E-state index contributed by atoms with van der Waals surface area (Å²) in [6, 6.07) is 4.50. The number of amides is 1. The van der Waals surface area contributed by atoms with Gasteiger partial charge in [0.15, 0.2) is 0 Å². The van der Waals surface area contributed by atoms with Crippen LogP contribution in [-0.2, 0) is 0 Å². The molecule has 6 heteroatoms. The van der Waals surface area contributed by atoms with Gasteiger partial charge in [0.1, 0.15) is 5.56 Å². The van der Waals surface area contributed by atoms with Crippen LogP contribution in [0.3, 0.4) is 0 Å². The highest BCUT2D eigenvalue weighted by Gasteiger charge is 2.29. The summed E-state index contributed by atoms with van der Waals surface area (Å²) in [4.78, 5) is 22.8. The van der Waals surface area contributed by atoms with E-state index in [0.717, 1.165) is 5.56 Å². The van der Waals surface area contributed by atoms with Crippen molar-refractivity contribution in [3.63, 3.8) is 0 Å². The molecule has 0 unspecified atom stereocenters. The van der Waals surface area contributed by atoms with Gasteiger partial charge in [-0.05, 0) is 31.4 Å². The molecule has 6 nitrogen and oxygen atoms in total. The SMILES string of the molecule is CCC(CC)(CN)NC(=O)c1cc(C)ccc1[N+](=O)[O-]. The minimum atomic E-state index is -0.545. The van der Waals surface area contributed by atoms with E-state index in [2.05, 4.69) is 5.32 Å². The van der Waals surface area contributed by atoms with E-state index in [4.69, 9.17) is 5.73 Å². The average Bonchev–Trinajstić information content (AvgIpc) is 2.44. The van der Waals surface area contributed by atoms with Gasteiger partial charge >= 0.3 is 0 Å². The predicted molar refractivity (Wildman–Crippen MR) is 77.7 cm³/mol. The molecule has 0 heterocycles. The van der Waals surface area contributed by atoms with Crippen molar-refractivity contribution < 1.29 is 9.72 Å². The third kappa shape index (κ3) is 3.33. The van der Waals surface area contributed by atoms with E-state index >= 15 is 0 Å². The van der Waals surface area contributed by atoms with Crippen molar-refractivity contribution in [1.29, 1.82) is 0 Å². The van der Waals surface area contributed by atoms with Crippen LogP contribution in [-0.4, -0.2) is 22.9 Å². The lowest BCUT2D eigenvalue weighted by atomic mass is 9.92. The van der Waals surface area contributed by atoms with Gasteiger partial charge in [0.05, 0.1) is 10.5 Å². The van der Waals surface area contributed by atoms with Crippen LogP contribution >= 0.6 is 0 Å². The lowest BCUT2D eigenvalue weighted by molar-refractivity contribution is -0.385. The van der Waals surface area contributed by atoms with E-state index in [0.29, 0.717) is 19.4 Å². The summed E-state index contributed by atoms with van der Waals surface area (Å²) in [7, 11) is 0. The standard InChI is InChI=1S/C14H21N3O3/c1-4-14(5-2,9-15)16-13(18)11-8-10(3)6-7-12(11)17(19)20/h6-8H,4-5,9,15H2,1-3H3,(H,16,18). The lowest BCUT2D eigenvalue weighted by Gasteiger charge is -2.31. The molecule has 1 rings (SSSR count). The Balaban J connectivity index is 3.15. The number of nitro groups is 1. The van der Waals surface area contributed by atoms with Gasteiger partial charge in [0, 0.05) is 12.6 Å². The summed E-state index contributed by atoms with van der Waals surface area (Å²) in [6.07, 6.45) is 1.34. The Bertz CT molecular complexity index is 502. The van der Waals surface area contributed by atoms with Gasteiger partial charge in [-0.25, -0.2) is 0 Å². The van der Waals surface area contributed by atoms with Crippen LogP contribution in [0.2, 0.25) is 0 Å². The molecule has 0 fully saturated rings. The summed E-state index contributed by atoms with van der Waals surface area (Å²) in [6.45, 7) is 5.95. The zero-order valence-electron chi connectivity index (χ0n) is 12.1. The molecule has 0 bridgehead atoms. The Morgan fingerprint density at radius 2 is 2.00 bits per heavy atom. The van der Waals surface area contributed by atoms with Crippen molar-refractivity contribution in [2.45, 2.75) is 39.2 Å². The molecular weight excluding hydrogens is 258 g/mol. The van der Waals surface area contributed by atoms with Gasteiger partial charge in [0.25, 0.3) is 11.6 Å². The number of rotatable bonds is 6. The minimum absolute atomic E-state index is 0.0784. The number of nitrogens with one attached hydrogen (secondary N) is 1. The normalized spacial score (nSPS) is 11.2. The monoisotopic (exact) mass is 279 g/mol. The highest BCUT2D eigenvalue weighted by atomic mass is 16.6. The fourth-order valence-electron chi connectivity index (χ4n) is 2.07. The molecule has 1 aromatic carbocycles. The average molecular weight is 279 g/mol. The number of nitrogens with two attached hydrogens (primary N) is 1. The van der Waals surface area contributed by atoms with Crippen molar-refractivity contribution in [3.05, 3.63) is 39.4 Å². The first-order valence-electron chi connectivity index (χ1n) is 6.66. The highest BCUT2D eigenvalue weighted by molar-refractivity contribution is 5.98. The fraction of sp³-hybridized carbons (Fsp3) is 0.500. The Morgan fingerprint density at radius 3 is 2.45 bits per heavy atom. The van der Waals surface area contributed by atoms with E-state index < -0.39 is 16.4 Å². The maximum absolute atomic E-state index is 12.3. The number of aryl methyl sites for hydroxylation is 1. The lowest BCUT2D eigenvalue weighted by Crippen LogP contribution is -2.53. The first kappa shape index (κ1) is 16.1. The van der Waals surface area contributed by atoms with E-state index in [1.165, 1.54) is 12.1 Å².